The number of aryl methyl sites for hydroxylation is 1. The largest absolute Gasteiger partial charge is 0.416 e. The van der Waals surface area contributed by atoms with Gasteiger partial charge in [-0.15, -0.1) is 0 Å². The summed E-state index contributed by atoms with van der Waals surface area (Å²) in [4.78, 5) is 25.3. The highest BCUT2D eigenvalue weighted by Crippen LogP contribution is 2.38. The van der Waals surface area contributed by atoms with Crippen LogP contribution >= 0.6 is 0 Å². The minimum Gasteiger partial charge on any atom is -0.369 e. The van der Waals surface area contributed by atoms with Gasteiger partial charge in [-0.25, -0.2) is 14.8 Å². The predicted octanol–water partition coefficient (Wildman–Crippen LogP) is 5.92. The number of fused-ring (bicyclic) bond motifs is 1. The highest BCUT2D eigenvalue weighted by molar-refractivity contribution is 5.87. The molecule has 1 aliphatic heterocycles. The maximum Gasteiger partial charge on any atom is 0.416 e. The van der Waals surface area contributed by atoms with Crippen LogP contribution in [0.2, 0.25) is 0 Å². The van der Waals surface area contributed by atoms with Crippen LogP contribution in [-0.4, -0.2) is 60.2 Å². The second-order valence-electron chi connectivity index (χ2n) is 10.8. The van der Waals surface area contributed by atoms with E-state index in [4.69, 9.17) is 0 Å². The fraction of sp³-hybridized carbons (Fsp3) is 0.414. The lowest BCUT2D eigenvalue weighted by molar-refractivity contribution is -0.143. The van der Waals surface area contributed by atoms with Gasteiger partial charge in [0.05, 0.1) is 11.1 Å². The number of nitrogens with zero attached hydrogens (tertiary/aromatic N) is 4. The Labute approximate surface area is 238 Å². The van der Waals surface area contributed by atoms with E-state index in [1.54, 1.807) is 0 Å². The second-order valence-corrected chi connectivity index (χ2v) is 10.8. The van der Waals surface area contributed by atoms with Crippen LogP contribution in [0.5, 0.6) is 0 Å². The van der Waals surface area contributed by atoms with E-state index >= 15 is 0 Å². The van der Waals surface area contributed by atoms with Gasteiger partial charge >= 0.3 is 18.4 Å². The van der Waals surface area contributed by atoms with Crippen molar-refractivity contribution in [2.24, 2.45) is 0 Å². The summed E-state index contributed by atoms with van der Waals surface area (Å²) < 4.78 is 79.4. The van der Waals surface area contributed by atoms with Crippen molar-refractivity contribution in [1.82, 2.24) is 20.2 Å². The number of urea groups is 1. The standard InChI is InChI=1S/C29H30F6N6O/c1-17-3-6-25(41-9-7-40(2)8-10-41)24-14-22(4-5-23(17)24)38-27(42)39-26-36-15-19(16-37-26)18-11-20(28(30,31)32)13-21(12-18)29(33,34)35/h3,6,11-13,15-16,22H,4-5,7-10,14H2,1-2H3,(H2,36,37,38,39,42)/t22-/m0/s1. The smallest absolute Gasteiger partial charge is 0.369 e. The third-order valence-corrected chi connectivity index (χ3v) is 7.81. The van der Waals surface area contributed by atoms with Gasteiger partial charge in [0, 0.05) is 55.9 Å². The number of aromatic nitrogens is 2. The Bertz CT molecular complexity index is 1420. The van der Waals surface area contributed by atoms with E-state index in [1.807, 2.05) is 0 Å². The molecule has 2 aromatic carbocycles. The second kappa shape index (κ2) is 11.4. The number of nitrogens with one attached hydrogen (secondary N) is 2. The molecule has 3 aromatic rings. The van der Waals surface area contributed by atoms with Crippen LogP contribution in [0.25, 0.3) is 11.1 Å². The van der Waals surface area contributed by atoms with E-state index in [0.717, 1.165) is 51.4 Å². The van der Waals surface area contributed by atoms with E-state index in [2.05, 4.69) is 56.5 Å². The van der Waals surface area contributed by atoms with Crippen molar-refractivity contribution >= 4 is 17.7 Å². The molecule has 0 unspecified atom stereocenters. The molecule has 2 heterocycles. The van der Waals surface area contributed by atoms with Crippen molar-refractivity contribution in [3.8, 4) is 11.1 Å². The first kappa shape index (κ1) is 29.6. The van der Waals surface area contributed by atoms with Crippen LogP contribution in [0.4, 0.5) is 42.8 Å². The van der Waals surface area contributed by atoms with E-state index in [-0.39, 0.29) is 29.2 Å². The van der Waals surface area contributed by atoms with Gasteiger partial charge in [0.1, 0.15) is 0 Å². The topological polar surface area (TPSA) is 73.4 Å². The Morgan fingerprint density at radius 3 is 2.10 bits per heavy atom. The first-order chi connectivity index (χ1) is 19.8. The number of benzene rings is 2. The molecular weight excluding hydrogens is 562 g/mol. The number of anilines is 2. The van der Waals surface area contributed by atoms with Gasteiger partial charge < -0.3 is 15.1 Å². The maximum atomic E-state index is 13.2. The molecule has 0 saturated carbocycles. The van der Waals surface area contributed by atoms with E-state index in [0.29, 0.717) is 18.6 Å². The molecule has 224 valence electrons. The number of rotatable bonds is 4. The summed E-state index contributed by atoms with van der Waals surface area (Å²) in [5.41, 5.74) is 1.68. The maximum absolute atomic E-state index is 13.2. The monoisotopic (exact) mass is 592 g/mol. The number of halogens is 6. The van der Waals surface area contributed by atoms with Crippen molar-refractivity contribution in [2.75, 3.05) is 43.4 Å². The first-order valence-electron chi connectivity index (χ1n) is 13.5. The molecule has 2 N–H and O–H groups in total. The Hall–Kier alpha value is -3.87. The number of hydrogen-bond donors (Lipinski definition) is 2. The molecule has 1 saturated heterocycles. The Morgan fingerprint density at radius 1 is 0.881 bits per heavy atom. The average molecular weight is 593 g/mol. The average Bonchev–Trinajstić information content (AvgIpc) is 2.93. The Morgan fingerprint density at radius 2 is 1.50 bits per heavy atom. The molecule has 1 aromatic heterocycles. The highest BCUT2D eigenvalue weighted by Gasteiger charge is 2.37. The lowest BCUT2D eigenvalue weighted by Gasteiger charge is -2.37. The summed E-state index contributed by atoms with van der Waals surface area (Å²) in [5, 5.41) is 5.46. The zero-order valence-corrected chi connectivity index (χ0v) is 23.0. The van der Waals surface area contributed by atoms with Crippen LogP contribution in [0, 0.1) is 6.92 Å². The van der Waals surface area contributed by atoms with E-state index in [1.165, 1.54) is 22.4 Å². The van der Waals surface area contributed by atoms with Gasteiger partial charge in [-0.3, -0.25) is 5.32 Å². The van der Waals surface area contributed by atoms with Gasteiger partial charge in [-0.2, -0.15) is 26.3 Å². The van der Waals surface area contributed by atoms with Crippen molar-refractivity contribution in [3.05, 3.63) is 70.5 Å². The Balaban J connectivity index is 1.27. The van der Waals surface area contributed by atoms with Crippen molar-refractivity contribution in [1.29, 1.82) is 0 Å². The minimum absolute atomic E-state index is 0.0592. The third-order valence-electron chi connectivity index (χ3n) is 7.81. The first-order valence-corrected chi connectivity index (χ1v) is 13.5. The molecule has 0 bridgehead atoms. The molecule has 2 aliphatic rings. The molecule has 7 nitrogen and oxygen atoms in total. The van der Waals surface area contributed by atoms with Crippen LogP contribution in [0.15, 0.2) is 42.7 Å². The third kappa shape index (κ3) is 6.61. The van der Waals surface area contributed by atoms with Crippen LogP contribution in [0.1, 0.15) is 34.2 Å². The summed E-state index contributed by atoms with van der Waals surface area (Å²) in [6.07, 6.45) is -5.59. The van der Waals surface area contributed by atoms with Crippen molar-refractivity contribution in [3.63, 3.8) is 0 Å². The number of carbonyl (C=O) groups is 1. The van der Waals surface area contributed by atoms with E-state index in [9.17, 15) is 31.1 Å². The molecule has 2 amide bonds. The highest BCUT2D eigenvalue weighted by atomic mass is 19.4. The number of carbonyl (C=O) groups excluding carboxylic acids is 1. The zero-order chi connectivity index (χ0) is 30.2. The molecule has 1 aliphatic carbocycles. The van der Waals surface area contributed by atoms with Gasteiger partial charge in [0.15, 0.2) is 0 Å². The van der Waals surface area contributed by atoms with Gasteiger partial charge in [0.25, 0.3) is 0 Å². The molecule has 1 atom stereocenters. The lowest BCUT2D eigenvalue weighted by atomic mass is 9.84. The number of amides is 2. The SMILES string of the molecule is Cc1ccc(N2CCN(C)CC2)c2c1CC[C@H](NC(=O)Nc1ncc(-c3cc(C(F)(F)F)cc(C(F)(F)F)c3)cn1)C2. The van der Waals surface area contributed by atoms with Gasteiger partial charge in [-0.1, -0.05) is 6.07 Å². The molecular formula is C29H30F6N6O. The molecule has 5 rings (SSSR count). The van der Waals surface area contributed by atoms with Crippen LogP contribution in [-0.2, 0) is 25.2 Å². The van der Waals surface area contributed by atoms with Crippen molar-refractivity contribution in [2.45, 2.75) is 44.6 Å². The van der Waals surface area contributed by atoms with Gasteiger partial charge in [-0.05, 0) is 79.8 Å². The number of alkyl halides is 6. The summed E-state index contributed by atoms with van der Waals surface area (Å²) in [7, 11) is 2.10. The quantitative estimate of drug-likeness (QED) is 0.368. The normalized spacial score (nSPS) is 18.0. The van der Waals surface area contributed by atoms with Crippen LogP contribution in [0.3, 0.4) is 0 Å². The van der Waals surface area contributed by atoms with E-state index < -0.39 is 29.5 Å². The Kier molecular flexibility index (Phi) is 8.06. The molecule has 0 radical (unpaired) electrons. The molecule has 42 heavy (non-hydrogen) atoms. The zero-order valence-electron chi connectivity index (χ0n) is 23.0. The van der Waals surface area contributed by atoms with Crippen LogP contribution < -0.4 is 15.5 Å². The summed E-state index contributed by atoms with van der Waals surface area (Å²) in [6.45, 7) is 5.90. The lowest BCUT2D eigenvalue weighted by Crippen LogP contribution is -2.46. The fourth-order valence-electron chi connectivity index (χ4n) is 5.49. The summed E-state index contributed by atoms with van der Waals surface area (Å²) in [6, 6.07) is 4.87. The minimum atomic E-state index is -4.97. The number of piperazine rings is 1. The fourth-order valence-corrected chi connectivity index (χ4v) is 5.49. The molecule has 0 spiro atoms. The summed E-state index contributed by atoms with van der Waals surface area (Å²) >= 11 is 0. The number of hydrogen-bond acceptors (Lipinski definition) is 5. The molecule has 13 heteroatoms. The predicted molar refractivity (Wildman–Crippen MR) is 146 cm³/mol. The number of likely N-dealkylation sites (N-methyl/N-ethyl adjacent to an activating group) is 1. The van der Waals surface area contributed by atoms with Gasteiger partial charge in [0.2, 0.25) is 5.95 Å². The summed E-state index contributed by atoms with van der Waals surface area (Å²) in [5.74, 6) is -0.135. The van der Waals surface area contributed by atoms with Crippen molar-refractivity contribution < 1.29 is 31.1 Å². The molecule has 1 fully saturated rings.